The summed E-state index contributed by atoms with van der Waals surface area (Å²) < 4.78 is 12.8. The molecule has 0 bridgehead atoms. The molecular formula is C14H25NOS2. The SMILES string of the molecule is C=C[C@@H](C)[C@@H](C(=S)N(C)C)S(=O)C1CCCCC1. The van der Waals surface area contributed by atoms with Crippen LogP contribution in [0.5, 0.6) is 0 Å². The molecule has 2 nitrogen and oxygen atoms in total. The summed E-state index contributed by atoms with van der Waals surface area (Å²) in [7, 11) is 2.99. The third-order valence-corrected chi connectivity index (χ3v) is 6.71. The highest BCUT2D eigenvalue weighted by molar-refractivity contribution is 7.90. The van der Waals surface area contributed by atoms with Crippen molar-refractivity contribution < 1.29 is 4.21 Å². The minimum atomic E-state index is -0.879. The Kier molecular flexibility index (Phi) is 6.50. The Labute approximate surface area is 119 Å². The van der Waals surface area contributed by atoms with Crippen molar-refractivity contribution in [1.82, 2.24) is 4.90 Å². The van der Waals surface area contributed by atoms with Gasteiger partial charge in [-0.2, -0.15) is 0 Å². The second kappa shape index (κ2) is 7.39. The zero-order valence-corrected chi connectivity index (χ0v) is 13.4. The Balaban J connectivity index is 2.84. The Hall–Kier alpha value is -0.220. The molecule has 0 aromatic rings. The summed E-state index contributed by atoms with van der Waals surface area (Å²) in [5.41, 5.74) is 0. The predicted molar refractivity (Wildman–Crippen MR) is 84.4 cm³/mol. The quantitative estimate of drug-likeness (QED) is 0.572. The molecule has 3 atom stereocenters. The zero-order chi connectivity index (χ0) is 13.7. The second-order valence-electron chi connectivity index (χ2n) is 5.34. The number of hydrogen-bond donors (Lipinski definition) is 0. The first-order valence-electron chi connectivity index (χ1n) is 6.72. The van der Waals surface area contributed by atoms with E-state index >= 15 is 0 Å². The predicted octanol–water partition coefficient (Wildman–Crippen LogP) is 3.15. The molecule has 4 heteroatoms. The summed E-state index contributed by atoms with van der Waals surface area (Å²) in [6.45, 7) is 5.90. The van der Waals surface area contributed by atoms with Crippen LogP contribution in [0.1, 0.15) is 39.0 Å². The maximum absolute atomic E-state index is 12.8. The molecule has 0 spiro atoms. The van der Waals surface area contributed by atoms with Crippen LogP contribution in [-0.2, 0) is 10.8 Å². The van der Waals surface area contributed by atoms with E-state index in [2.05, 4.69) is 13.5 Å². The standard InChI is InChI=1S/C14H25NOS2/c1-5-11(2)13(14(17)15(3)4)18(16)12-9-7-6-8-10-12/h5,11-13H,1,6-10H2,2-4H3/t11-,13+,18?/m1/s1. The molecule has 1 unspecified atom stereocenters. The molecule has 0 amide bonds. The lowest BCUT2D eigenvalue weighted by Crippen LogP contribution is -2.42. The van der Waals surface area contributed by atoms with Crippen molar-refractivity contribution in [1.29, 1.82) is 0 Å². The van der Waals surface area contributed by atoms with E-state index < -0.39 is 10.8 Å². The molecule has 0 heterocycles. The molecule has 0 saturated heterocycles. The lowest BCUT2D eigenvalue weighted by Gasteiger charge is -2.31. The molecule has 0 radical (unpaired) electrons. The normalized spacial score (nSPS) is 21.9. The molecule has 0 aliphatic heterocycles. The summed E-state index contributed by atoms with van der Waals surface area (Å²) >= 11 is 5.47. The summed E-state index contributed by atoms with van der Waals surface area (Å²) in [4.78, 5) is 2.71. The van der Waals surface area contributed by atoms with Gasteiger partial charge in [-0.05, 0) is 18.8 Å². The molecule has 0 aromatic carbocycles. The summed E-state index contributed by atoms with van der Waals surface area (Å²) in [5, 5.41) is 0.264. The van der Waals surface area contributed by atoms with E-state index in [0.717, 1.165) is 17.8 Å². The van der Waals surface area contributed by atoms with Gasteiger partial charge in [0.05, 0.1) is 10.2 Å². The number of allylic oxidation sites excluding steroid dienone is 1. The van der Waals surface area contributed by atoms with Gasteiger partial charge in [-0.3, -0.25) is 4.21 Å². The van der Waals surface area contributed by atoms with Crippen LogP contribution in [0.2, 0.25) is 0 Å². The molecule has 104 valence electrons. The Bertz CT molecular complexity index is 322. The van der Waals surface area contributed by atoms with Gasteiger partial charge in [0.25, 0.3) is 0 Å². The summed E-state index contributed by atoms with van der Waals surface area (Å²) in [6.07, 6.45) is 7.75. The lowest BCUT2D eigenvalue weighted by atomic mass is 10.0. The largest absolute Gasteiger partial charge is 0.371 e. The molecule has 18 heavy (non-hydrogen) atoms. The minimum absolute atomic E-state index is 0.0596. The highest BCUT2D eigenvalue weighted by Crippen LogP contribution is 2.27. The first-order valence-corrected chi connectivity index (χ1v) is 8.40. The van der Waals surface area contributed by atoms with Gasteiger partial charge in [0.15, 0.2) is 0 Å². The smallest absolute Gasteiger partial charge is 0.0938 e. The first-order chi connectivity index (χ1) is 8.49. The Morgan fingerprint density at radius 1 is 1.39 bits per heavy atom. The molecule has 1 saturated carbocycles. The molecule has 1 aliphatic carbocycles. The number of nitrogens with zero attached hydrogens (tertiary/aromatic N) is 1. The van der Waals surface area contributed by atoms with Crippen LogP contribution in [0.15, 0.2) is 12.7 Å². The fraction of sp³-hybridized carbons (Fsp3) is 0.786. The van der Waals surface area contributed by atoms with Crippen LogP contribution in [-0.4, -0.2) is 38.7 Å². The fourth-order valence-corrected chi connectivity index (χ4v) is 5.07. The van der Waals surface area contributed by atoms with Crippen LogP contribution < -0.4 is 0 Å². The zero-order valence-electron chi connectivity index (χ0n) is 11.7. The van der Waals surface area contributed by atoms with Crippen molar-refractivity contribution in [2.24, 2.45) is 5.92 Å². The Morgan fingerprint density at radius 3 is 2.39 bits per heavy atom. The van der Waals surface area contributed by atoms with Crippen LogP contribution in [0.25, 0.3) is 0 Å². The van der Waals surface area contributed by atoms with Gasteiger partial charge in [-0.1, -0.05) is 44.5 Å². The average Bonchev–Trinajstić information content (AvgIpc) is 2.39. The van der Waals surface area contributed by atoms with E-state index in [4.69, 9.17) is 12.2 Å². The van der Waals surface area contributed by atoms with Crippen LogP contribution in [0.4, 0.5) is 0 Å². The van der Waals surface area contributed by atoms with E-state index in [1.165, 1.54) is 19.3 Å². The average molecular weight is 287 g/mol. The van der Waals surface area contributed by atoms with Gasteiger partial charge < -0.3 is 4.90 Å². The highest BCUT2D eigenvalue weighted by Gasteiger charge is 2.33. The molecule has 0 aromatic heterocycles. The van der Waals surface area contributed by atoms with Gasteiger partial charge in [-0.25, -0.2) is 0 Å². The number of rotatable bonds is 5. The Morgan fingerprint density at radius 2 is 1.94 bits per heavy atom. The van der Waals surface area contributed by atoms with Gasteiger partial charge in [-0.15, -0.1) is 6.58 Å². The minimum Gasteiger partial charge on any atom is -0.371 e. The van der Waals surface area contributed by atoms with Crippen molar-refractivity contribution in [2.45, 2.75) is 49.5 Å². The molecule has 1 aliphatic rings. The summed E-state index contributed by atoms with van der Waals surface area (Å²) in [6, 6.07) is 0. The molecule has 1 fully saturated rings. The van der Waals surface area contributed by atoms with E-state index in [-0.39, 0.29) is 11.2 Å². The van der Waals surface area contributed by atoms with Gasteiger partial charge in [0.1, 0.15) is 0 Å². The maximum atomic E-state index is 12.8. The van der Waals surface area contributed by atoms with Gasteiger partial charge >= 0.3 is 0 Å². The van der Waals surface area contributed by atoms with Crippen molar-refractivity contribution in [3.8, 4) is 0 Å². The third kappa shape index (κ3) is 3.89. The fourth-order valence-electron chi connectivity index (χ4n) is 2.42. The van der Waals surface area contributed by atoms with Crippen molar-refractivity contribution in [3.63, 3.8) is 0 Å². The highest BCUT2D eigenvalue weighted by atomic mass is 32.2. The van der Waals surface area contributed by atoms with Crippen molar-refractivity contribution in [3.05, 3.63) is 12.7 Å². The van der Waals surface area contributed by atoms with Crippen LogP contribution in [0, 0.1) is 5.92 Å². The van der Waals surface area contributed by atoms with E-state index in [1.54, 1.807) is 0 Å². The van der Waals surface area contributed by atoms with E-state index in [1.807, 2.05) is 25.1 Å². The number of hydrogen-bond acceptors (Lipinski definition) is 2. The topological polar surface area (TPSA) is 20.3 Å². The maximum Gasteiger partial charge on any atom is 0.0938 e. The van der Waals surface area contributed by atoms with Crippen LogP contribution >= 0.6 is 12.2 Å². The van der Waals surface area contributed by atoms with Gasteiger partial charge in [0.2, 0.25) is 0 Å². The monoisotopic (exact) mass is 287 g/mol. The van der Waals surface area contributed by atoms with Crippen LogP contribution in [0.3, 0.4) is 0 Å². The van der Waals surface area contributed by atoms with E-state index in [0.29, 0.717) is 5.25 Å². The van der Waals surface area contributed by atoms with Crippen molar-refractivity contribution >= 4 is 28.0 Å². The molecule has 0 N–H and O–H groups in total. The van der Waals surface area contributed by atoms with E-state index in [9.17, 15) is 4.21 Å². The number of thiocarbonyl (C=S) groups is 1. The molecular weight excluding hydrogens is 262 g/mol. The lowest BCUT2D eigenvalue weighted by molar-refractivity contribution is 0.499. The first kappa shape index (κ1) is 15.8. The molecule has 1 rings (SSSR count). The van der Waals surface area contributed by atoms with Gasteiger partial charge in [0, 0.05) is 30.1 Å². The summed E-state index contributed by atoms with van der Waals surface area (Å²) in [5.74, 6) is 0.169. The second-order valence-corrected chi connectivity index (χ2v) is 7.59. The third-order valence-electron chi connectivity index (χ3n) is 3.66. The van der Waals surface area contributed by atoms with Crippen molar-refractivity contribution in [2.75, 3.05) is 14.1 Å².